The van der Waals surface area contributed by atoms with E-state index >= 15 is 0 Å². The number of benzene rings is 2. The van der Waals surface area contributed by atoms with Crippen LogP contribution in [0.4, 0.5) is 5.69 Å². The van der Waals surface area contributed by atoms with Gasteiger partial charge in [-0.2, -0.15) is 0 Å². The number of likely N-dealkylation sites (tertiary alicyclic amines) is 1. The lowest BCUT2D eigenvalue weighted by molar-refractivity contribution is 0.208. The lowest BCUT2D eigenvalue weighted by Crippen LogP contribution is -2.21. The topological polar surface area (TPSA) is 58.6 Å². The van der Waals surface area contributed by atoms with E-state index in [1.807, 2.05) is 7.05 Å². The maximum Gasteiger partial charge on any atom is 0.264 e. The van der Waals surface area contributed by atoms with E-state index in [2.05, 4.69) is 9.62 Å². The summed E-state index contributed by atoms with van der Waals surface area (Å²) >= 11 is 24.1. The van der Waals surface area contributed by atoms with Crippen molar-refractivity contribution in [2.24, 2.45) is 0 Å². The second-order valence-electron chi connectivity index (χ2n) is 6.24. The fourth-order valence-corrected chi connectivity index (χ4v) is 5.58. The van der Waals surface area contributed by atoms with Crippen LogP contribution < -0.4 is 9.46 Å². The number of halogens is 4. The molecule has 2 aromatic rings. The molecule has 1 aliphatic rings. The molecule has 1 fully saturated rings. The smallest absolute Gasteiger partial charge is 0.264 e. The summed E-state index contributed by atoms with van der Waals surface area (Å²) in [6, 6.07) is 7.27. The molecule has 10 heteroatoms. The van der Waals surface area contributed by atoms with Crippen LogP contribution in [0.5, 0.6) is 5.75 Å². The molecule has 27 heavy (non-hydrogen) atoms. The molecule has 0 aliphatic carbocycles. The van der Waals surface area contributed by atoms with E-state index in [4.69, 9.17) is 51.1 Å². The highest BCUT2D eigenvalue weighted by Gasteiger charge is 2.24. The summed E-state index contributed by atoms with van der Waals surface area (Å²) in [4.78, 5) is 1.90. The summed E-state index contributed by atoms with van der Waals surface area (Å²) in [5.74, 6) is 0.408. The van der Waals surface area contributed by atoms with Crippen molar-refractivity contribution in [3.05, 3.63) is 50.4 Å². The molecule has 3 rings (SSSR count). The molecule has 0 amide bonds. The molecule has 0 spiro atoms. The van der Waals surface area contributed by atoms with Crippen LogP contribution in [0.25, 0.3) is 0 Å². The fraction of sp³-hybridized carbons (Fsp3) is 0.294. The van der Waals surface area contributed by atoms with Gasteiger partial charge in [-0.15, -0.1) is 0 Å². The minimum atomic E-state index is -4.04. The third-order valence-corrected chi connectivity index (χ3v) is 6.89. The Labute approximate surface area is 178 Å². The average Bonchev–Trinajstić information content (AvgIpc) is 2.94. The van der Waals surface area contributed by atoms with Crippen molar-refractivity contribution in [3.8, 4) is 5.75 Å². The summed E-state index contributed by atoms with van der Waals surface area (Å²) in [7, 11) is -2.03. The van der Waals surface area contributed by atoms with Crippen molar-refractivity contribution in [3.63, 3.8) is 0 Å². The first kappa shape index (κ1) is 20.8. The molecule has 1 saturated heterocycles. The minimum Gasteiger partial charge on any atom is -0.487 e. The van der Waals surface area contributed by atoms with Crippen molar-refractivity contribution in [2.75, 3.05) is 24.9 Å². The van der Waals surface area contributed by atoms with Crippen LogP contribution >= 0.6 is 46.4 Å². The van der Waals surface area contributed by atoms with E-state index in [9.17, 15) is 8.42 Å². The van der Waals surface area contributed by atoms with Gasteiger partial charge in [0.1, 0.15) is 16.7 Å². The number of ether oxygens (including phenoxy) is 1. The SMILES string of the molecule is CN1CCC(Oc2cc(NS(=O)(=O)c3c(Cl)cc(Cl)cc3Cl)ccc2Cl)C1. The minimum absolute atomic E-state index is 0.000453. The third kappa shape index (κ3) is 4.94. The van der Waals surface area contributed by atoms with Crippen molar-refractivity contribution < 1.29 is 13.2 Å². The van der Waals surface area contributed by atoms with E-state index < -0.39 is 10.0 Å². The lowest BCUT2D eigenvalue weighted by atomic mass is 10.3. The standard InChI is InChI=1S/C17H16Cl4N2O3S/c1-23-5-4-12(9-23)26-16-8-11(2-3-13(16)19)22-27(24,25)17-14(20)6-10(18)7-15(17)21/h2-3,6-8,12,22H,4-5,9H2,1H3. The number of sulfonamides is 1. The fourth-order valence-electron chi connectivity index (χ4n) is 2.82. The monoisotopic (exact) mass is 468 g/mol. The van der Waals surface area contributed by atoms with Gasteiger partial charge in [0, 0.05) is 24.2 Å². The number of likely N-dealkylation sites (N-methyl/N-ethyl adjacent to an activating group) is 1. The Morgan fingerprint density at radius 1 is 1.07 bits per heavy atom. The van der Waals surface area contributed by atoms with Crippen molar-refractivity contribution >= 4 is 62.1 Å². The molecule has 1 unspecified atom stereocenters. The Bertz CT molecular complexity index is 946. The Hall–Kier alpha value is -0.890. The first-order valence-corrected chi connectivity index (χ1v) is 11.0. The maximum absolute atomic E-state index is 12.7. The van der Waals surface area contributed by atoms with Crippen molar-refractivity contribution in [1.82, 2.24) is 4.90 Å². The van der Waals surface area contributed by atoms with Gasteiger partial charge in [-0.3, -0.25) is 4.72 Å². The van der Waals surface area contributed by atoms with E-state index in [1.54, 1.807) is 6.07 Å². The van der Waals surface area contributed by atoms with Gasteiger partial charge in [-0.25, -0.2) is 8.42 Å². The molecular formula is C17H16Cl4N2O3S. The quantitative estimate of drug-likeness (QED) is 0.654. The Morgan fingerprint density at radius 2 is 1.74 bits per heavy atom. The van der Waals surface area contributed by atoms with Gasteiger partial charge < -0.3 is 9.64 Å². The Balaban J connectivity index is 1.86. The first-order valence-electron chi connectivity index (χ1n) is 7.98. The van der Waals surface area contributed by atoms with E-state index in [-0.39, 0.29) is 31.8 Å². The van der Waals surface area contributed by atoms with Crippen LogP contribution in [0.3, 0.4) is 0 Å². The second-order valence-corrected chi connectivity index (χ2v) is 9.52. The molecule has 146 valence electrons. The highest BCUT2D eigenvalue weighted by atomic mass is 35.5. The number of hydrogen-bond donors (Lipinski definition) is 1. The summed E-state index contributed by atoms with van der Waals surface area (Å²) in [5.41, 5.74) is 0.280. The highest BCUT2D eigenvalue weighted by Crippen LogP contribution is 2.35. The van der Waals surface area contributed by atoms with Gasteiger partial charge in [0.15, 0.2) is 0 Å². The molecule has 0 bridgehead atoms. The maximum atomic E-state index is 12.7. The van der Waals surface area contributed by atoms with Gasteiger partial charge >= 0.3 is 0 Å². The zero-order valence-electron chi connectivity index (χ0n) is 14.2. The number of hydrogen-bond acceptors (Lipinski definition) is 4. The molecule has 1 N–H and O–H groups in total. The van der Waals surface area contributed by atoms with E-state index in [0.29, 0.717) is 10.8 Å². The molecule has 2 aromatic carbocycles. The summed E-state index contributed by atoms with van der Waals surface area (Å²) in [6.45, 7) is 1.71. The average molecular weight is 470 g/mol. The molecule has 0 radical (unpaired) electrons. The summed E-state index contributed by atoms with van der Waals surface area (Å²) < 4.78 is 33.8. The molecule has 5 nitrogen and oxygen atoms in total. The largest absolute Gasteiger partial charge is 0.487 e. The normalized spacial score (nSPS) is 17.9. The molecule has 0 aromatic heterocycles. The van der Waals surface area contributed by atoms with Gasteiger partial charge in [-0.1, -0.05) is 46.4 Å². The zero-order chi connectivity index (χ0) is 19.8. The first-order chi connectivity index (χ1) is 12.7. The molecule has 0 saturated carbocycles. The predicted molar refractivity (Wildman–Crippen MR) is 110 cm³/mol. The van der Waals surface area contributed by atoms with E-state index in [0.717, 1.165) is 19.5 Å². The highest BCUT2D eigenvalue weighted by molar-refractivity contribution is 7.93. The Morgan fingerprint density at radius 3 is 2.33 bits per heavy atom. The number of nitrogens with one attached hydrogen (secondary N) is 1. The van der Waals surface area contributed by atoms with Crippen molar-refractivity contribution in [1.29, 1.82) is 0 Å². The lowest BCUT2D eigenvalue weighted by Gasteiger charge is -2.17. The Kier molecular flexibility index (Phi) is 6.35. The van der Waals surface area contributed by atoms with E-state index in [1.165, 1.54) is 24.3 Å². The molecule has 1 aliphatic heterocycles. The van der Waals surface area contributed by atoms with Crippen LogP contribution in [0.1, 0.15) is 6.42 Å². The van der Waals surface area contributed by atoms with Crippen molar-refractivity contribution in [2.45, 2.75) is 17.4 Å². The van der Waals surface area contributed by atoms with Crippen LogP contribution in [0.2, 0.25) is 20.1 Å². The van der Waals surface area contributed by atoms with Crippen LogP contribution in [-0.4, -0.2) is 39.6 Å². The summed E-state index contributed by atoms with van der Waals surface area (Å²) in [5, 5.41) is 0.501. The second kappa shape index (κ2) is 8.23. The van der Waals surface area contributed by atoms with Crippen LogP contribution in [-0.2, 0) is 10.0 Å². The van der Waals surface area contributed by atoms with Gasteiger partial charge in [0.2, 0.25) is 0 Å². The number of nitrogens with zero attached hydrogens (tertiary/aromatic N) is 1. The zero-order valence-corrected chi connectivity index (χ0v) is 18.0. The molecule has 1 atom stereocenters. The van der Waals surface area contributed by atoms with Gasteiger partial charge in [0.25, 0.3) is 10.0 Å². The third-order valence-electron chi connectivity index (χ3n) is 4.06. The van der Waals surface area contributed by atoms with Crippen LogP contribution in [0, 0.1) is 0 Å². The van der Waals surface area contributed by atoms with Crippen LogP contribution in [0.15, 0.2) is 35.2 Å². The number of rotatable bonds is 5. The van der Waals surface area contributed by atoms with Gasteiger partial charge in [-0.05, 0) is 37.7 Å². The molecule has 1 heterocycles. The summed E-state index contributed by atoms with van der Waals surface area (Å²) in [6.07, 6.45) is 0.873. The number of anilines is 1. The van der Waals surface area contributed by atoms with Gasteiger partial charge in [0.05, 0.1) is 20.8 Å². The molecular weight excluding hydrogens is 454 g/mol. The predicted octanol–water partition coefficient (Wildman–Crippen LogP) is 5.18.